The molecular weight excluding hydrogens is 324 g/mol. The fourth-order valence-corrected chi connectivity index (χ4v) is 3.83. The number of nitrogens with zero attached hydrogens (tertiary/aromatic N) is 3. The molecule has 7 heteroatoms. The highest BCUT2D eigenvalue weighted by Crippen LogP contribution is 2.26. The Morgan fingerprint density at radius 3 is 2.92 bits per heavy atom. The normalized spacial score (nSPS) is 17.9. The Bertz CT molecular complexity index is 811. The summed E-state index contributed by atoms with van der Waals surface area (Å²) >= 11 is 1.58. The van der Waals surface area contributed by atoms with Gasteiger partial charge in [0.25, 0.3) is 5.56 Å². The van der Waals surface area contributed by atoms with Crippen LogP contribution in [-0.2, 0) is 11.3 Å². The number of likely N-dealkylation sites (tertiary alicyclic amines) is 1. The predicted octanol–water partition coefficient (Wildman–Crippen LogP) is 2.12. The van der Waals surface area contributed by atoms with Crippen LogP contribution in [0.25, 0.3) is 10.6 Å². The predicted molar refractivity (Wildman–Crippen MR) is 95.9 cm³/mol. The van der Waals surface area contributed by atoms with Gasteiger partial charge in [-0.2, -0.15) is 5.10 Å². The lowest BCUT2D eigenvalue weighted by Crippen LogP contribution is -2.42. The number of hydrogen-bond acceptors (Lipinski definition) is 5. The molecule has 0 aromatic carbocycles. The molecule has 24 heavy (non-hydrogen) atoms. The minimum absolute atomic E-state index is 0.0616. The molecule has 0 spiro atoms. The fourth-order valence-electron chi connectivity index (χ4n) is 3.01. The first kappa shape index (κ1) is 16.7. The van der Waals surface area contributed by atoms with Gasteiger partial charge >= 0.3 is 0 Å². The van der Waals surface area contributed by atoms with Crippen LogP contribution in [0.15, 0.2) is 23.0 Å². The second-order valence-electron chi connectivity index (χ2n) is 6.45. The van der Waals surface area contributed by atoms with Gasteiger partial charge in [0.1, 0.15) is 17.9 Å². The first-order valence-corrected chi connectivity index (χ1v) is 8.98. The van der Waals surface area contributed by atoms with Crippen molar-refractivity contribution < 1.29 is 4.79 Å². The van der Waals surface area contributed by atoms with E-state index in [2.05, 4.69) is 12.0 Å². The van der Waals surface area contributed by atoms with Crippen LogP contribution in [0.5, 0.6) is 0 Å². The van der Waals surface area contributed by atoms with Crippen LogP contribution in [0.4, 0.5) is 5.69 Å². The number of nitrogens with two attached hydrogens (primary N) is 1. The van der Waals surface area contributed by atoms with Crippen molar-refractivity contribution in [1.29, 1.82) is 0 Å². The van der Waals surface area contributed by atoms with E-state index in [-0.39, 0.29) is 18.1 Å². The number of amides is 1. The molecule has 1 saturated heterocycles. The minimum atomic E-state index is -0.412. The molecule has 3 heterocycles. The summed E-state index contributed by atoms with van der Waals surface area (Å²) < 4.78 is 1.20. The van der Waals surface area contributed by atoms with Crippen LogP contribution in [0.1, 0.15) is 24.6 Å². The number of nitrogen functional groups attached to an aromatic ring is 1. The lowest BCUT2D eigenvalue weighted by molar-refractivity contribution is -0.133. The summed E-state index contributed by atoms with van der Waals surface area (Å²) in [6.07, 6.45) is 2.15. The Morgan fingerprint density at radius 2 is 2.25 bits per heavy atom. The Morgan fingerprint density at radius 1 is 1.46 bits per heavy atom. The van der Waals surface area contributed by atoms with Gasteiger partial charge in [-0.3, -0.25) is 9.59 Å². The maximum absolute atomic E-state index is 12.5. The topological polar surface area (TPSA) is 81.2 Å². The zero-order chi connectivity index (χ0) is 17.3. The largest absolute Gasteiger partial charge is 0.394 e. The smallest absolute Gasteiger partial charge is 0.290 e. The molecule has 0 saturated carbocycles. The van der Waals surface area contributed by atoms with Crippen molar-refractivity contribution in [3.05, 3.63) is 33.4 Å². The Labute approximate surface area is 144 Å². The second-order valence-corrected chi connectivity index (χ2v) is 7.73. The molecule has 1 aliphatic heterocycles. The Hall–Kier alpha value is -2.15. The van der Waals surface area contributed by atoms with Crippen LogP contribution < -0.4 is 11.3 Å². The molecule has 1 atom stereocenters. The molecule has 2 aromatic rings. The van der Waals surface area contributed by atoms with Crippen LogP contribution in [-0.4, -0.2) is 33.7 Å². The van der Waals surface area contributed by atoms with Gasteiger partial charge in [-0.1, -0.05) is 6.92 Å². The molecule has 1 fully saturated rings. The number of aromatic nitrogens is 2. The van der Waals surface area contributed by atoms with Crippen LogP contribution in [0.2, 0.25) is 0 Å². The summed E-state index contributed by atoms with van der Waals surface area (Å²) in [6.45, 7) is 5.58. The van der Waals surface area contributed by atoms with Gasteiger partial charge in [-0.05, 0) is 43.9 Å². The van der Waals surface area contributed by atoms with Crippen molar-refractivity contribution >= 4 is 22.9 Å². The number of thiophene rings is 1. The number of piperidine rings is 1. The van der Waals surface area contributed by atoms with Crippen molar-refractivity contribution in [2.24, 2.45) is 5.92 Å². The minimum Gasteiger partial charge on any atom is -0.394 e. The van der Waals surface area contributed by atoms with Gasteiger partial charge in [-0.15, -0.1) is 11.3 Å². The van der Waals surface area contributed by atoms with E-state index in [4.69, 9.17) is 5.73 Å². The third kappa shape index (κ3) is 3.51. The van der Waals surface area contributed by atoms with Gasteiger partial charge in [0, 0.05) is 18.0 Å². The van der Waals surface area contributed by atoms with E-state index in [1.807, 2.05) is 24.0 Å². The summed E-state index contributed by atoms with van der Waals surface area (Å²) in [5.41, 5.74) is 6.18. The van der Waals surface area contributed by atoms with Gasteiger partial charge in [0.2, 0.25) is 5.91 Å². The highest BCUT2D eigenvalue weighted by Gasteiger charge is 2.22. The highest BCUT2D eigenvalue weighted by atomic mass is 32.1. The summed E-state index contributed by atoms with van der Waals surface area (Å²) in [5, 5.41) is 4.36. The lowest BCUT2D eigenvalue weighted by Gasteiger charge is -2.31. The van der Waals surface area contributed by atoms with Crippen molar-refractivity contribution in [1.82, 2.24) is 14.7 Å². The molecule has 6 nitrogen and oxygen atoms in total. The standard InChI is InChI=1S/C17H22N4O2S/c1-11-4-3-7-20(9-11)16(22)10-21-17(23)13(18)8-14(19-21)15-6-5-12(2)24-15/h5-6,8,11H,3-4,7,9-10,18H2,1-2H3/t11-/m1/s1. The van der Waals surface area contributed by atoms with Crippen molar-refractivity contribution in [2.45, 2.75) is 33.2 Å². The molecule has 2 N–H and O–H groups in total. The van der Waals surface area contributed by atoms with Crippen LogP contribution >= 0.6 is 11.3 Å². The molecule has 0 radical (unpaired) electrons. The third-order valence-electron chi connectivity index (χ3n) is 4.29. The average Bonchev–Trinajstić information content (AvgIpc) is 2.98. The van der Waals surface area contributed by atoms with E-state index in [9.17, 15) is 9.59 Å². The molecule has 3 rings (SSSR count). The zero-order valence-electron chi connectivity index (χ0n) is 14.0. The van der Waals surface area contributed by atoms with E-state index in [1.54, 1.807) is 17.4 Å². The molecule has 0 bridgehead atoms. The third-order valence-corrected chi connectivity index (χ3v) is 5.31. The Balaban J connectivity index is 1.86. The van der Waals surface area contributed by atoms with Gasteiger partial charge in [0.15, 0.2) is 0 Å². The van der Waals surface area contributed by atoms with E-state index < -0.39 is 5.56 Å². The quantitative estimate of drug-likeness (QED) is 0.923. The van der Waals surface area contributed by atoms with Gasteiger partial charge in [0.05, 0.1) is 4.88 Å². The maximum Gasteiger partial charge on any atom is 0.290 e. The van der Waals surface area contributed by atoms with Crippen LogP contribution in [0.3, 0.4) is 0 Å². The number of anilines is 1. The number of aryl methyl sites for hydroxylation is 1. The van der Waals surface area contributed by atoms with Crippen molar-refractivity contribution in [2.75, 3.05) is 18.8 Å². The SMILES string of the molecule is Cc1ccc(-c2cc(N)c(=O)n(CC(=O)N3CCC[C@@H](C)C3)n2)s1. The maximum atomic E-state index is 12.5. The first-order chi connectivity index (χ1) is 11.4. The van der Waals surface area contributed by atoms with Crippen molar-refractivity contribution in [3.8, 4) is 10.6 Å². The fraction of sp³-hybridized carbons (Fsp3) is 0.471. The number of hydrogen-bond donors (Lipinski definition) is 1. The summed E-state index contributed by atoms with van der Waals surface area (Å²) in [5.74, 6) is 0.424. The molecule has 1 amide bonds. The van der Waals surface area contributed by atoms with E-state index >= 15 is 0 Å². The van der Waals surface area contributed by atoms with E-state index in [1.165, 1.54) is 4.68 Å². The van der Waals surface area contributed by atoms with Crippen molar-refractivity contribution in [3.63, 3.8) is 0 Å². The first-order valence-electron chi connectivity index (χ1n) is 8.16. The summed E-state index contributed by atoms with van der Waals surface area (Å²) in [4.78, 5) is 28.7. The summed E-state index contributed by atoms with van der Waals surface area (Å²) in [7, 11) is 0. The molecular formula is C17H22N4O2S. The van der Waals surface area contributed by atoms with Gasteiger partial charge < -0.3 is 10.6 Å². The highest BCUT2D eigenvalue weighted by molar-refractivity contribution is 7.15. The van der Waals surface area contributed by atoms with E-state index in [0.717, 1.165) is 35.7 Å². The number of carbonyl (C=O) groups is 1. The Kier molecular flexibility index (Phi) is 4.71. The molecule has 1 aliphatic rings. The van der Waals surface area contributed by atoms with E-state index in [0.29, 0.717) is 11.6 Å². The van der Waals surface area contributed by atoms with Gasteiger partial charge in [-0.25, -0.2) is 4.68 Å². The number of rotatable bonds is 3. The second kappa shape index (κ2) is 6.76. The number of carbonyl (C=O) groups excluding carboxylic acids is 1. The lowest BCUT2D eigenvalue weighted by atomic mass is 10.0. The molecule has 0 unspecified atom stereocenters. The molecule has 2 aromatic heterocycles. The molecule has 0 aliphatic carbocycles. The van der Waals surface area contributed by atoms with Crippen LogP contribution in [0, 0.1) is 12.8 Å². The summed E-state index contributed by atoms with van der Waals surface area (Å²) in [6, 6.07) is 5.52. The monoisotopic (exact) mass is 346 g/mol. The molecule has 128 valence electrons. The average molecular weight is 346 g/mol. The zero-order valence-corrected chi connectivity index (χ0v) is 14.8.